The number of ether oxygens (including phenoxy) is 1. The summed E-state index contributed by atoms with van der Waals surface area (Å²) in [5.41, 5.74) is 6.72. The molecule has 5 aliphatic rings. The van der Waals surface area contributed by atoms with Crippen molar-refractivity contribution in [3.05, 3.63) is 16.0 Å². The third-order valence-corrected chi connectivity index (χ3v) is 11.7. The van der Waals surface area contributed by atoms with Gasteiger partial charge >= 0.3 is 6.01 Å². The number of anilines is 3. The van der Waals surface area contributed by atoms with Gasteiger partial charge in [-0.05, 0) is 39.2 Å². The van der Waals surface area contributed by atoms with Crippen molar-refractivity contribution in [2.24, 2.45) is 0 Å². The predicted octanol–water partition coefficient (Wildman–Crippen LogP) is 2.66. The van der Waals surface area contributed by atoms with Gasteiger partial charge in [-0.15, -0.1) is 23.1 Å². The van der Waals surface area contributed by atoms with E-state index in [-0.39, 0.29) is 16.3 Å². The summed E-state index contributed by atoms with van der Waals surface area (Å²) in [4.78, 5) is 21.7. The van der Waals surface area contributed by atoms with E-state index < -0.39 is 11.8 Å². The fourth-order valence-corrected chi connectivity index (χ4v) is 9.96. The Morgan fingerprint density at radius 3 is 2.69 bits per heavy atom. The summed E-state index contributed by atoms with van der Waals surface area (Å²) < 4.78 is 20.4. The van der Waals surface area contributed by atoms with Crippen molar-refractivity contribution in [3.8, 4) is 12.1 Å². The number of hydrogen-bond acceptors (Lipinski definition) is 12. The van der Waals surface area contributed by atoms with Crippen LogP contribution in [0.25, 0.3) is 0 Å². The van der Waals surface area contributed by atoms with Crippen LogP contribution in [0.15, 0.2) is 0 Å². The highest BCUT2D eigenvalue weighted by atomic mass is 32.2. The molecule has 3 atom stereocenters. The number of rotatable bonds is 5. The number of β-amino-alcohol motifs (C(OH)–C–C–N with tert-alkyl or cyclic N) is 1. The quantitative estimate of drug-likeness (QED) is 0.549. The zero-order chi connectivity index (χ0) is 27.0. The molecule has 0 radical (unpaired) electrons. The number of fused-ring (bicyclic) bond motifs is 3. The molecule has 0 aromatic carbocycles. The molecule has 3 N–H and O–H groups in total. The fourth-order valence-electron chi connectivity index (χ4n) is 7.15. The van der Waals surface area contributed by atoms with Gasteiger partial charge in [0.25, 0.3) is 0 Å². The van der Waals surface area contributed by atoms with E-state index in [0.717, 1.165) is 50.1 Å². The molecule has 0 amide bonds. The van der Waals surface area contributed by atoms with Gasteiger partial charge in [-0.1, -0.05) is 0 Å². The maximum atomic E-state index is 14.3. The maximum absolute atomic E-state index is 14.3. The average molecular weight is 573 g/mol. The van der Waals surface area contributed by atoms with E-state index in [0.29, 0.717) is 61.7 Å². The van der Waals surface area contributed by atoms with E-state index in [1.807, 2.05) is 23.6 Å². The second kappa shape index (κ2) is 9.06. The fraction of sp³-hybridized carbons (Fsp3) is 0.692. The van der Waals surface area contributed by atoms with Gasteiger partial charge in [-0.3, -0.25) is 4.90 Å². The summed E-state index contributed by atoms with van der Waals surface area (Å²) in [7, 11) is 0. The number of thioether (sulfide) groups is 1. The molecular weight excluding hydrogens is 539 g/mol. The molecule has 1 spiro atoms. The Labute approximate surface area is 235 Å². The molecule has 7 heterocycles. The van der Waals surface area contributed by atoms with Crippen LogP contribution in [0.2, 0.25) is 0 Å². The monoisotopic (exact) mass is 572 g/mol. The largest absolute Gasteiger partial charge is 0.461 e. The lowest BCUT2D eigenvalue weighted by Gasteiger charge is -2.48. The Kier molecular flexibility index (Phi) is 5.94. The lowest BCUT2D eigenvalue weighted by atomic mass is 9.88. The molecule has 0 saturated carbocycles. The molecule has 0 bridgehead atoms. The van der Waals surface area contributed by atoms with Crippen LogP contribution >= 0.6 is 23.1 Å². The van der Waals surface area contributed by atoms with Crippen molar-refractivity contribution in [1.29, 1.82) is 5.26 Å². The van der Waals surface area contributed by atoms with Gasteiger partial charge in [0.1, 0.15) is 23.8 Å². The van der Waals surface area contributed by atoms with Crippen LogP contribution in [0, 0.1) is 11.3 Å². The van der Waals surface area contributed by atoms with Gasteiger partial charge in [-0.2, -0.15) is 20.2 Å². The molecule has 7 rings (SSSR count). The van der Waals surface area contributed by atoms with Crippen molar-refractivity contribution in [2.75, 3.05) is 61.4 Å². The van der Waals surface area contributed by atoms with E-state index in [9.17, 15) is 14.8 Å². The predicted molar refractivity (Wildman–Crippen MR) is 149 cm³/mol. The van der Waals surface area contributed by atoms with Gasteiger partial charge in [0.15, 0.2) is 0 Å². The normalized spacial score (nSPS) is 31.3. The first-order valence-electron chi connectivity index (χ1n) is 13.7. The smallest absolute Gasteiger partial charge is 0.323 e. The Hall–Kier alpha value is -2.40. The number of alkyl halides is 1. The molecule has 10 nitrogen and oxygen atoms in total. The number of piperidine rings is 1. The molecule has 208 valence electrons. The van der Waals surface area contributed by atoms with E-state index in [1.54, 1.807) is 0 Å². The molecule has 39 heavy (non-hydrogen) atoms. The number of nitrogens with two attached hydrogens (primary N) is 1. The highest BCUT2D eigenvalue weighted by Crippen LogP contribution is 2.57. The number of aliphatic hydroxyl groups is 1. The SMILES string of the molecule is C[C@@]1(O)CCCN(c2nc(OC[C@@]34CCCN3C[C@H](F)C4)nc(N3CC4(C3)SCc3sc(N)c(C#N)c34)n2)C1. The summed E-state index contributed by atoms with van der Waals surface area (Å²) in [5.74, 6) is 1.87. The van der Waals surface area contributed by atoms with Crippen molar-refractivity contribution < 1.29 is 14.2 Å². The van der Waals surface area contributed by atoms with Crippen LogP contribution in [0.4, 0.5) is 21.3 Å². The Bertz CT molecular complexity index is 1340. The molecule has 4 saturated heterocycles. The Morgan fingerprint density at radius 1 is 1.15 bits per heavy atom. The summed E-state index contributed by atoms with van der Waals surface area (Å²) in [6, 6.07) is 2.56. The molecular formula is C26H33FN8O2S2. The van der Waals surface area contributed by atoms with Crippen LogP contribution < -0.4 is 20.3 Å². The number of hydrogen-bond donors (Lipinski definition) is 2. The number of thiophene rings is 1. The zero-order valence-corrected chi connectivity index (χ0v) is 23.7. The minimum atomic E-state index is -0.829. The molecule has 2 aromatic rings. The molecule has 0 aliphatic carbocycles. The van der Waals surface area contributed by atoms with Gasteiger partial charge in [0.05, 0.1) is 21.5 Å². The third kappa shape index (κ3) is 4.22. The molecule has 5 aliphatic heterocycles. The van der Waals surface area contributed by atoms with Crippen LogP contribution in [-0.4, -0.2) is 88.1 Å². The van der Waals surface area contributed by atoms with Crippen molar-refractivity contribution >= 4 is 40.0 Å². The molecule has 2 aromatic heterocycles. The van der Waals surface area contributed by atoms with Gasteiger partial charge in [0, 0.05) is 55.3 Å². The molecule has 0 unspecified atom stereocenters. The van der Waals surface area contributed by atoms with E-state index in [1.165, 1.54) is 16.2 Å². The summed E-state index contributed by atoms with van der Waals surface area (Å²) >= 11 is 3.37. The van der Waals surface area contributed by atoms with Crippen molar-refractivity contribution in [2.45, 2.75) is 66.8 Å². The summed E-state index contributed by atoms with van der Waals surface area (Å²) in [5, 5.41) is 21.1. The standard InChI is InChI=1S/C26H33FN8O2S2/c1-24(36)4-2-6-33(12-24)21-30-22(32-23(31-21)37-15-25-5-3-7-35(25)10-16(27)8-25)34-13-26(14-34)19-17(9-28)20(29)39-18(19)11-38-26/h16,36H,2-8,10-15,29H2,1H3/t16-,24-,25+/m1/s1. The van der Waals surface area contributed by atoms with E-state index in [2.05, 4.69) is 20.9 Å². The second-order valence-corrected chi connectivity index (χ2v) is 14.5. The van der Waals surface area contributed by atoms with Crippen LogP contribution in [0.5, 0.6) is 6.01 Å². The van der Waals surface area contributed by atoms with E-state index in [4.69, 9.17) is 20.4 Å². The maximum Gasteiger partial charge on any atom is 0.323 e. The first kappa shape index (κ1) is 25.6. The summed E-state index contributed by atoms with van der Waals surface area (Å²) in [6.45, 7) is 6.04. The second-order valence-electron chi connectivity index (χ2n) is 12.0. The topological polar surface area (TPSA) is 128 Å². The molecule has 13 heteroatoms. The van der Waals surface area contributed by atoms with Crippen LogP contribution in [0.3, 0.4) is 0 Å². The van der Waals surface area contributed by atoms with E-state index >= 15 is 0 Å². The lowest BCUT2D eigenvalue weighted by molar-refractivity contribution is 0.0443. The average Bonchev–Trinajstić information content (AvgIpc) is 3.59. The number of halogens is 1. The van der Waals surface area contributed by atoms with Gasteiger partial charge in [-0.25, -0.2) is 4.39 Å². The minimum Gasteiger partial charge on any atom is -0.461 e. The Morgan fingerprint density at radius 2 is 1.92 bits per heavy atom. The lowest BCUT2D eigenvalue weighted by Crippen LogP contribution is -2.57. The number of nitrogens with zero attached hydrogens (tertiary/aromatic N) is 7. The highest BCUT2D eigenvalue weighted by molar-refractivity contribution is 8.00. The first-order valence-corrected chi connectivity index (χ1v) is 15.5. The number of nitrogen functional groups attached to an aromatic ring is 1. The van der Waals surface area contributed by atoms with Crippen molar-refractivity contribution in [3.63, 3.8) is 0 Å². The molecule has 4 fully saturated rings. The number of nitriles is 1. The minimum absolute atomic E-state index is 0.194. The summed E-state index contributed by atoms with van der Waals surface area (Å²) in [6.07, 6.45) is 3.16. The third-order valence-electron chi connectivity index (χ3n) is 9.01. The zero-order valence-electron chi connectivity index (χ0n) is 22.0. The highest BCUT2D eigenvalue weighted by Gasteiger charge is 2.53. The van der Waals surface area contributed by atoms with Gasteiger partial charge < -0.3 is 25.4 Å². The Balaban J connectivity index is 1.17. The van der Waals surface area contributed by atoms with Crippen molar-refractivity contribution in [1.82, 2.24) is 19.9 Å². The van der Waals surface area contributed by atoms with Gasteiger partial charge in [0.2, 0.25) is 11.9 Å². The van der Waals surface area contributed by atoms with Crippen LogP contribution in [0.1, 0.15) is 55.0 Å². The first-order chi connectivity index (χ1) is 18.7. The number of aromatic nitrogens is 3. The van der Waals surface area contributed by atoms with Crippen LogP contribution in [-0.2, 0) is 10.5 Å².